The molecule has 0 radical (unpaired) electrons. The number of amides is 1. The Morgan fingerprint density at radius 3 is 2.76 bits per heavy atom. The number of hydrogen-bond acceptors (Lipinski definition) is 3. The van der Waals surface area contributed by atoms with Gasteiger partial charge in [0.15, 0.2) is 0 Å². The van der Waals surface area contributed by atoms with Crippen molar-refractivity contribution >= 4 is 5.91 Å². The van der Waals surface area contributed by atoms with Gasteiger partial charge in [0.25, 0.3) is 0 Å². The molecule has 0 aromatic carbocycles. The first-order valence-corrected chi connectivity index (χ1v) is 6.89. The van der Waals surface area contributed by atoms with Crippen LogP contribution < -0.4 is 5.32 Å². The summed E-state index contributed by atoms with van der Waals surface area (Å²) in [6.45, 7) is 3.29. The van der Waals surface area contributed by atoms with Crippen LogP contribution in [0, 0.1) is 17.8 Å². The molecule has 0 bridgehead atoms. The highest BCUT2D eigenvalue weighted by atomic mass is 16.3. The molecule has 2 aliphatic carbocycles. The second kappa shape index (κ2) is 4.58. The fourth-order valence-electron chi connectivity index (χ4n) is 3.30. The average Bonchev–Trinajstić information content (AvgIpc) is 2.96. The van der Waals surface area contributed by atoms with Crippen LogP contribution in [-0.2, 0) is 4.79 Å². The Balaban J connectivity index is 1.42. The SMILES string of the molecule is O=C(CN1CC2CCC(O)C2C1)NCC1CC1. The van der Waals surface area contributed by atoms with E-state index in [0.29, 0.717) is 18.4 Å². The summed E-state index contributed by atoms with van der Waals surface area (Å²) in [7, 11) is 0. The first-order valence-electron chi connectivity index (χ1n) is 6.89. The number of nitrogens with one attached hydrogen (secondary N) is 1. The summed E-state index contributed by atoms with van der Waals surface area (Å²) in [5.41, 5.74) is 0. The minimum atomic E-state index is -0.125. The van der Waals surface area contributed by atoms with E-state index in [1.54, 1.807) is 0 Å². The van der Waals surface area contributed by atoms with Crippen molar-refractivity contribution in [2.75, 3.05) is 26.2 Å². The summed E-state index contributed by atoms with van der Waals surface area (Å²) in [4.78, 5) is 13.9. The van der Waals surface area contributed by atoms with E-state index in [1.807, 2.05) is 0 Å². The van der Waals surface area contributed by atoms with Gasteiger partial charge in [-0.1, -0.05) is 0 Å². The van der Waals surface area contributed by atoms with Gasteiger partial charge in [0.05, 0.1) is 12.6 Å². The molecule has 0 aromatic rings. The lowest BCUT2D eigenvalue weighted by molar-refractivity contribution is -0.122. The maximum absolute atomic E-state index is 11.7. The Morgan fingerprint density at radius 2 is 2.06 bits per heavy atom. The average molecular weight is 238 g/mol. The molecule has 3 unspecified atom stereocenters. The zero-order valence-electron chi connectivity index (χ0n) is 10.3. The standard InChI is InChI=1S/C13H22N2O2/c16-12-4-3-10-6-15(7-11(10)12)8-13(17)14-5-9-1-2-9/h9-12,16H,1-8H2,(H,14,17). The molecule has 3 rings (SSSR count). The molecule has 3 atom stereocenters. The van der Waals surface area contributed by atoms with E-state index in [-0.39, 0.29) is 12.0 Å². The van der Waals surface area contributed by atoms with Gasteiger partial charge in [0.2, 0.25) is 5.91 Å². The van der Waals surface area contributed by atoms with E-state index in [1.165, 1.54) is 12.8 Å². The molecule has 0 aromatic heterocycles. The molecule has 0 spiro atoms. The minimum absolute atomic E-state index is 0.125. The number of aliphatic hydroxyl groups is 1. The van der Waals surface area contributed by atoms with Crippen molar-refractivity contribution in [2.45, 2.75) is 31.8 Å². The maximum atomic E-state index is 11.7. The van der Waals surface area contributed by atoms with Gasteiger partial charge in [-0.05, 0) is 37.5 Å². The molecule has 3 fully saturated rings. The van der Waals surface area contributed by atoms with Gasteiger partial charge in [-0.2, -0.15) is 0 Å². The third-order valence-electron chi connectivity index (χ3n) is 4.55. The molecule has 3 aliphatic rings. The van der Waals surface area contributed by atoms with E-state index < -0.39 is 0 Å². The minimum Gasteiger partial charge on any atom is -0.393 e. The van der Waals surface area contributed by atoms with Crippen LogP contribution in [0.3, 0.4) is 0 Å². The maximum Gasteiger partial charge on any atom is 0.234 e. The van der Waals surface area contributed by atoms with Gasteiger partial charge < -0.3 is 10.4 Å². The third kappa shape index (κ3) is 2.63. The number of rotatable bonds is 4. The smallest absolute Gasteiger partial charge is 0.234 e. The summed E-state index contributed by atoms with van der Waals surface area (Å²) < 4.78 is 0. The molecular formula is C13H22N2O2. The number of likely N-dealkylation sites (tertiary alicyclic amines) is 1. The Bertz CT molecular complexity index is 304. The molecule has 1 heterocycles. The van der Waals surface area contributed by atoms with Gasteiger partial charge in [-0.25, -0.2) is 0 Å². The van der Waals surface area contributed by atoms with Crippen LogP contribution in [0.25, 0.3) is 0 Å². The number of carbonyl (C=O) groups excluding carboxylic acids is 1. The first-order chi connectivity index (χ1) is 8.22. The van der Waals surface area contributed by atoms with Crippen molar-refractivity contribution in [3.05, 3.63) is 0 Å². The summed E-state index contributed by atoms with van der Waals surface area (Å²) in [6, 6.07) is 0. The van der Waals surface area contributed by atoms with Crippen LogP contribution in [0.4, 0.5) is 0 Å². The van der Waals surface area contributed by atoms with Gasteiger partial charge >= 0.3 is 0 Å². The predicted octanol–water partition coefficient (Wildman–Crippen LogP) is 0.215. The summed E-state index contributed by atoms with van der Waals surface area (Å²) >= 11 is 0. The van der Waals surface area contributed by atoms with Crippen molar-refractivity contribution in [3.63, 3.8) is 0 Å². The van der Waals surface area contributed by atoms with Crippen LogP contribution in [-0.4, -0.2) is 48.2 Å². The van der Waals surface area contributed by atoms with Crippen LogP contribution >= 0.6 is 0 Å². The Labute approximate surface area is 102 Å². The largest absolute Gasteiger partial charge is 0.393 e. The lowest BCUT2D eigenvalue weighted by Gasteiger charge is -2.17. The zero-order chi connectivity index (χ0) is 11.8. The predicted molar refractivity (Wildman–Crippen MR) is 64.4 cm³/mol. The second-order valence-electron chi connectivity index (χ2n) is 6.01. The summed E-state index contributed by atoms with van der Waals surface area (Å²) in [5, 5.41) is 12.8. The quantitative estimate of drug-likeness (QED) is 0.736. The zero-order valence-corrected chi connectivity index (χ0v) is 10.3. The molecule has 4 nitrogen and oxygen atoms in total. The fraction of sp³-hybridized carbons (Fsp3) is 0.923. The first kappa shape index (κ1) is 11.5. The molecule has 1 amide bonds. The van der Waals surface area contributed by atoms with Crippen LogP contribution in [0.5, 0.6) is 0 Å². The molecule has 4 heteroatoms. The van der Waals surface area contributed by atoms with Gasteiger partial charge in [-0.3, -0.25) is 9.69 Å². The Morgan fingerprint density at radius 1 is 1.24 bits per heavy atom. The molecular weight excluding hydrogens is 216 g/mol. The lowest BCUT2D eigenvalue weighted by Crippen LogP contribution is -2.37. The van der Waals surface area contributed by atoms with E-state index in [9.17, 15) is 9.90 Å². The molecule has 2 N–H and O–H groups in total. The van der Waals surface area contributed by atoms with Crippen LogP contribution in [0.2, 0.25) is 0 Å². The van der Waals surface area contributed by atoms with E-state index in [4.69, 9.17) is 0 Å². The van der Waals surface area contributed by atoms with E-state index >= 15 is 0 Å². The number of nitrogens with zero attached hydrogens (tertiary/aromatic N) is 1. The van der Waals surface area contributed by atoms with Crippen LogP contribution in [0.1, 0.15) is 25.7 Å². The third-order valence-corrected chi connectivity index (χ3v) is 4.55. The summed E-state index contributed by atoms with van der Waals surface area (Å²) in [5.74, 6) is 1.96. The number of aliphatic hydroxyl groups excluding tert-OH is 1. The molecule has 1 saturated heterocycles. The van der Waals surface area contributed by atoms with E-state index in [2.05, 4.69) is 10.2 Å². The van der Waals surface area contributed by atoms with Crippen molar-refractivity contribution < 1.29 is 9.90 Å². The number of carbonyl (C=O) groups is 1. The van der Waals surface area contributed by atoms with Crippen molar-refractivity contribution in [1.29, 1.82) is 0 Å². The molecule has 96 valence electrons. The van der Waals surface area contributed by atoms with Gasteiger partial charge in [0.1, 0.15) is 0 Å². The highest BCUT2D eigenvalue weighted by Crippen LogP contribution is 2.37. The summed E-state index contributed by atoms with van der Waals surface area (Å²) in [6.07, 6.45) is 4.52. The highest BCUT2D eigenvalue weighted by molar-refractivity contribution is 5.78. The van der Waals surface area contributed by atoms with Gasteiger partial charge in [0, 0.05) is 25.6 Å². The molecule has 2 saturated carbocycles. The second-order valence-corrected chi connectivity index (χ2v) is 6.01. The number of fused-ring (bicyclic) bond motifs is 1. The number of hydrogen-bond donors (Lipinski definition) is 2. The highest BCUT2D eigenvalue weighted by Gasteiger charge is 2.42. The van der Waals surface area contributed by atoms with Crippen molar-refractivity contribution in [2.24, 2.45) is 17.8 Å². The monoisotopic (exact) mass is 238 g/mol. The molecule has 17 heavy (non-hydrogen) atoms. The molecule has 1 aliphatic heterocycles. The van der Waals surface area contributed by atoms with Gasteiger partial charge in [-0.15, -0.1) is 0 Å². The van der Waals surface area contributed by atoms with Crippen molar-refractivity contribution in [1.82, 2.24) is 10.2 Å². The Hall–Kier alpha value is -0.610. The topological polar surface area (TPSA) is 52.6 Å². The Kier molecular flexibility index (Phi) is 3.09. The van der Waals surface area contributed by atoms with E-state index in [0.717, 1.165) is 38.4 Å². The fourth-order valence-corrected chi connectivity index (χ4v) is 3.30. The van der Waals surface area contributed by atoms with Crippen LogP contribution in [0.15, 0.2) is 0 Å². The normalized spacial score (nSPS) is 37.1. The lowest BCUT2D eigenvalue weighted by atomic mass is 10.00. The van der Waals surface area contributed by atoms with Crippen molar-refractivity contribution in [3.8, 4) is 0 Å².